The molecule has 0 spiro atoms. The van der Waals surface area contributed by atoms with Crippen molar-refractivity contribution in [1.29, 1.82) is 0 Å². The molecule has 0 heterocycles. The van der Waals surface area contributed by atoms with Gasteiger partial charge in [-0.05, 0) is 12.1 Å². The standard InChI is InChI=1S/C10H13NO3S/c1-3-15(13,14)10-7-5-4-6-9(10)11-8(2)12/h4-7H,3H2,1-2H3,(H,11,12). The Morgan fingerprint density at radius 3 is 2.47 bits per heavy atom. The highest BCUT2D eigenvalue weighted by molar-refractivity contribution is 7.91. The number of carbonyl (C=O) groups is 1. The van der Waals surface area contributed by atoms with E-state index < -0.39 is 9.84 Å². The second-order valence-electron chi connectivity index (χ2n) is 3.08. The van der Waals surface area contributed by atoms with Crippen LogP contribution in [0.25, 0.3) is 0 Å². The van der Waals surface area contributed by atoms with Crippen LogP contribution in [0.1, 0.15) is 13.8 Å². The lowest BCUT2D eigenvalue weighted by atomic mass is 10.3. The van der Waals surface area contributed by atoms with Gasteiger partial charge in [0.1, 0.15) is 0 Å². The SMILES string of the molecule is CCS(=O)(=O)c1ccccc1NC(C)=O. The van der Waals surface area contributed by atoms with Crippen LogP contribution >= 0.6 is 0 Å². The number of sulfone groups is 1. The Morgan fingerprint density at radius 1 is 1.33 bits per heavy atom. The summed E-state index contributed by atoms with van der Waals surface area (Å²) in [6, 6.07) is 6.38. The summed E-state index contributed by atoms with van der Waals surface area (Å²) in [4.78, 5) is 11.0. The van der Waals surface area contributed by atoms with Crippen LogP contribution in [0.4, 0.5) is 5.69 Å². The van der Waals surface area contributed by atoms with Crippen molar-refractivity contribution in [3.05, 3.63) is 24.3 Å². The lowest BCUT2D eigenvalue weighted by Gasteiger charge is -2.08. The van der Waals surface area contributed by atoms with E-state index in [1.807, 2.05) is 0 Å². The van der Waals surface area contributed by atoms with Crippen molar-refractivity contribution in [1.82, 2.24) is 0 Å². The van der Waals surface area contributed by atoms with Crippen molar-refractivity contribution in [2.24, 2.45) is 0 Å². The first-order valence-corrected chi connectivity index (χ1v) is 6.22. The third-order valence-electron chi connectivity index (χ3n) is 1.91. The van der Waals surface area contributed by atoms with Crippen LogP contribution < -0.4 is 5.32 Å². The number of hydrogen-bond donors (Lipinski definition) is 1. The molecule has 0 bridgehead atoms. The number of amides is 1. The van der Waals surface area contributed by atoms with Crippen molar-refractivity contribution in [3.63, 3.8) is 0 Å². The summed E-state index contributed by atoms with van der Waals surface area (Å²) in [7, 11) is -3.29. The van der Waals surface area contributed by atoms with E-state index in [-0.39, 0.29) is 16.6 Å². The van der Waals surface area contributed by atoms with Crippen LogP contribution in [0.5, 0.6) is 0 Å². The molecule has 4 nitrogen and oxygen atoms in total. The van der Waals surface area contributed by atoms with Gasteiger partial charge in [0.25, 0.3) is 0 Å². The van der Waals surface area contributed by atoms with E-state index >= 15 is 0 Å². The first-order valence-electron chi connectivity index (χ1n) is 4.56. The van der Waals surface area contributed by atoms with E-state index in [2.05, 4.69) is 5.32 Å². The minimum atomic E-state index is -3.29. The number of benzene rings is 1. The van der Waals surface area contributed by atoms with Gasteiger partial charge in [0, 0.05) is 6.92 Å². The normalized spacial score (nSPS) is 11.1. The summed E-state index contributed by atoms with van der Waals surface area (Å²) in [5, 5.41) is 2.50. The highest BCUT2D eigenvalue weighted by Crippen LogP contribution is 2.21. The van der Waals surface area contributed by atoms with Gasteiger partial charge in [-0.25, -0.2) is 8.42 Å². The number of para-hydroxylation sites is 1. The zero-order chi connectivity index (χ0) is 11.5. The van der Waals surface area contributed by atoms with Gasteiger partial charge in [-0.1, -0.05) is 19.1 Å². The van der Waals surface area contributed by atoms with E-state index in [4.69, 9.17) is 0 Å². The Balaban J connectivity index is 3.24. The molecular weight excluding hydrogens is 214 g/mol. The Morgan fingerprint density at radius 2 is 1.93 bits per heavy atom. The Bertz CT molecular complexity index is 465. The lowest BCUT2D eigenvalue weighted by molar-refractivity contribution is -0.114. The van der Waals surface area contributed by atoms with Crippen molar-refractivity contribution < 1.29 is 13.2 Å². The molecule has 0 aliphatic carbocycles. The molecule has 82 valence electrons. The van der Waals surface area contributed by atoms with Gasteiger partial charge in [-0.3, -0.25) is 4.79 Å². The van der Waals surface area contributed by atoms with Crippen LogP contribution in [0.2, 0.25) is 0 Å². The third kappa shape index (κ3) is 2.79. The molecule has 0 aliphatic heterocycles. The predicted molar refractivity (Wildman–Crippen MR) is 58.5 cm³/mol. The summed E-state index contributed by atoms with van der Waals surface area (Å²) in [5.74, 6) is -0.266. The summed E-state index contributed by atoms with van der Waals surface area (Å²) in [6.07, 6.45) is 0. The maximum absolute atomic E-state index is 11.7. The molecule has 1 aromatic carbocycles. The summed E-state index contributed by atoms with van der Waals surface area (Å²) < 4.78 is 23.3. The highest BCUT2D eigenvalue weighted by Gasteiger charge is 2.16. The van der Waals surface area contributed by atoms with Crippen molar-refractivity contribution >= 4 is 21.4 Å². The van der Waals surface area contributed by atoms with E-state index in [9.17, 15) is 13.2 Å². The largest absolute Gasteiger partial charge is 0.325 e. The van der Waals surface area contributed by atoms with Gasteiger partial charge in [0.05, 0.1) is 16.3 Å². The number of nitrogens with one attached hydrogen (secondary N) is 1. The minimum Gasteiger partial charge on any atom is -0.325 e. The fraction of sp³-hybridized carbons (Fsp3) is 0.300. The maximum Gasteiger partial charge on any atom is 0.221 e. The van der Waals surface area contributed by atoms with Crippen LogP contribution in [0.3, 0.4) is 0 Å². The molecule has 0 fully saturated rings. The number of carbonyl (C=O) groups excluding carboxylic acids is 1. The van der Waals surface area contributed by atoms with Crippen LogP contribution in [0, 0.1) is 0 Å². The first kappa shape index (κ1) is 11.7. The van der Waals surface area contributed by atoms with Gasteiger partial charge in [0.2, 0.25) is 5.91 Å². The second kappa shape index (κ2) is 4.44. The monoisotopic (exact) mass is 227 g/mol. The van der Waals surface area contributed by atoms with Crippen LogP contribution in [0.15, 0.2) is 29.2 Å². The fourth-order valence-corrected chi connectivity index (χ4v) is 2.24. The average molecular weight is 227 g/mol. The van der Waals surface area contributed by atoms with Crippen molar-refractivity contribution in [2.75, 3.05) is 11.1 Å². The number of hydrogen-bond acceptors (Lipinski definition) is 3. The van der Waals surface area contributed by atoms with E-state index in [1.54, 1.807) is 25.1 Å². The molecule has 5 heteroatoms. The van der Waals surface area contributed by atoms with Gasteiger partial charge in [-0.2, -0.15) is 0 Å². The molecule has 0 saturated heterocycles. The van der Waals surface area contributed by atoms with Crippen LogP contribution in [-0.4, -0.2) is 20.1 Å². The van der Waals surface area contributed by atoms with E-state index in [1.165, 1.54) is 13.0 Å². The fourth-order valence-electron chi connectivity index (χ4n) is 1.19. The number of anilines is 1. The van der Waals surface area contributed by atoms with Gasteiger partial charge in [0.15, 0.2) is 9.84 Å². The molecule has 1 N–H and O–H groups in total. The zero-order valence-corrected chi connectivity index (χ0v) is 9.47. The first-order chi connectivity index (χ1) is 6.97. The number of rotatable bonds is 3. The molecule has 0 saturated carbocycles. The molecule has 0 aliphatic rings. The average Bonchev–Trinajstić information content (AvgIpc) is 2.17. The van der Waals surface area contributed by atoms with Crippen molar-refractivity contribution in [3.8, 4) is 0 Å². The Kier molecular flexibility index (Phi) is 3.47. The molecule has 0 radical (unpaired) electrons. The summed E-state index contributed by atoms with van der Waals surface area (Å²) in [6.45, 7) is 2.91. The summed E-state index contributed by atoms with van der Waals surface area (Å²) in [5.41, 5.74) is 0.340. The Labute approximate surface area is 89.2 Å². The molecule has 1 amide bonds. The van der Waals surface area contributed by atoms with Crippen molar-refractivity contribution in [2.45, 2.75) is 18.7 Å². The minimum absolute atomic E-state index is 0.0175. The summed E-state index contributed by atoms with van der Waals surface area (Å²) >= 11 is 0. The van der Waals surface area contributed by atoms with E-state index in [0.29, 0.717) is 5.69 Å². The molecule has 0 unspecified atom stereocenters. The van der Waals surface area contributed by atoms with Gasteiger partial charge >= 0.3 is 0 Å². The van der Waals surface area contributed by atoms with Gasteiger partial charge < -0.3 is 5.32 Å². The smallest absolute Gasteiger partial charge is 0.221 e. The topological polar surface area (TPSA) is 63.2 Å². The zero-order valence-electron chi connectivity index (χ0n) is 8.65. The molecule has 1 rings (SSSR count). The van der Waals surface area contributed by atoms with Crippen LogP contribution in [-0.2, 0) is 14.6 Å². The second-order valence-corrected chi connectivity index (χ2v) is 5.33. The molecule has 0 atom stereocenters. The maximum atomic E-state index is 11.7. The molecule has 15 heavy (non-hydrogen) atoms. The Hall–Kier alpha value is -1.36. The lowest BCUT2D eigenvalue weighted by Crippen LogP contribution is -2.12. The van der Waals surface area contributed by atoms with E-state index in [0.717, 1.165) is 0 Å². The predicted octanol–water partition coefficient (Wildman–Crippen LogP) is 1.44. The van der Waals surface area contributed by atoms with Gasteiger partial charge in [-0.15, -0.1) is 0 Å². The molecule has 1 aromatic rings. The molecule has 0 aromatic heterocycles. The quantitative estimate of drug-likeness (QED) is 0.849. The highest BCUT2D eigenvalue weighted by atomic mass is 32.2. The third-order valence-corrected chi connectivity index (χ3v) is 3.70. The molecular formula is C10H13NO3S.